The fourth-order valence-corrected chi connectivity index (χ4v) is 2.57. The second kappa shape index (κ2) is 4.44. The molecule has 96 valence electrons. The largest absolute Gasteiger partial charge is 0.369 e. The quantitative estimate of drug-likeness (QED) is 0.729. The Balaban J connectivity index is 2.36. The van der Waals surface area contributed by atoms with Gasteiger partial charge in [-0.2, -0.15) is 0 Å². The Morgan fingerprint density at radius 2 is 1.84 bits per heavy atom. The van der Waals surface area contributed by atoms with Crippen molar-refractivity contribution in [2.24, 2.45) is 0 Å². The van der Waals surface area contributed by atoms with Gasteiger partial charge in [0.05, 0.1) is 21.7 Å². The zero-order chi connectivity index (χ0) is 13.6. The van der Waals surface area contributed by atoms with E-state index in [2.05, 4.69) is 4.98 Å². The number of halogens is 2. The smallest absolute Gasteiger partial charge is 0.205 e. The highest BCUT2D eigenvalue weighted by Gasteiger charge is 2.13. The molecule has 3 nitrogen and oxygen atoms in total. The van der Waals surface area contributed by atoms with Crippen LogP contribution in [0.1, 0.15) is 5.56 Å². The third kappa shape index (κ3) is 1.95. The molecule has 0 aliphatic carbocycles. The Hall–Kier alpha value is -1.71. The van der Waals surface area contributed by atoms with Crippen LogP contribution in [0.4, 0.5) is 5.95 Å². The minimum Gasteiger partial charge on any atom is -0.369 e. The zero-order valence-electron chi connectivity index (χ0n) is 10.2. The highest BCUT2D eigenvalue weighted by Crippen LogP contribution is 2.31. The number of benzene rings is 2. The number of imidazole rings is 1. The number of anilines is 1. The Bertz CT molecular complexity index is 778. The highest BCUT2D eigenvalue weighted by molar-refractivity contribution is 6.35. The summed E-state index contributed by atoms with van der Waals surface area (Å²) in [5.41, 5.74) is 9.39. The second-order valence-corrected chi connectivity index (χ2v) is 5.16. The molecule has 0 bridgehead atoms. The van der Waals surface area contributed by atoms with Crippen molar-refractivity contribution in [3.63, 3.8) is 0 Å². The number of nitrogens with zero attached hydrogens (tertiary/aromatic N) is 2. The summed E-state index contributed by atoms with van der Waals surface area (Å²) in [5, 5.41) is 1.24. The summed E-state index contributed by atoms with van der Waals surface area (Å²) in [6.07, 6.45) is 0. The molecular weight excluding hydrogens is 281 g/mol. The van der Waals surface area contributed by atoms with E-state index in [0.29, 0.717) is 16.0 Å². The lowest BCUT2D eigenvalue weighted by atomic mass is 10.2. The van der Waals surface area contributed by atoms with E-state index >= 15 is 0 Å². The van der Waals surface area contributed by atoms with Crippen molar-refractivity contribution in [3.8, 4) is 5.69 Å². The van der Waals surface area contributed by atoms with Gasteiger partial charge in [-0.1, -0.05) is 35.3 Å². The minimum atomic E-state index is 0.392. The molecule has 3 rings (SSSR count). The van der Waals surface area contributed by atoms with Crippen LogP contribution < -0.4 is 5.73 Å². The van der Waals surface area contributed by atoms with Gasteiger partial charge in [0.2, 0.25) is 5.95 Å². The van der Waals surface area contributed by atoms with Crippen LogP contribution in [-0.4, -0.2) is 9.55 Å². The molecule has 0 atom stereocenters. The predicted molar refractivity (Wildman–Crippen MR) is 80.2 cm³/mol. The molecule has 0 spiro atoms. The van der Waals surface area contributed by atoms with Crippen LogP contribution in [0.15, 0.2) is 36.4 Å². The lowest BCUT2D eigenvalue weighted by molar-refractivity contribution is 1.11. The lowest BCUT2D eigenvalue weighted by Gasteiger charge is -2.10. The minimum absolute atomic E-state index is 0.392. The van der Waals surface area contributed by atoms with Gasteiger partial charge >= 0.3 is 0 Å². The average Bonchev–Trinajstić information content (AvgIpc) is 2.70. The van der Waals surface area contributed by atoms with Crippen LogP contribution in [0.5, 0.6) is 0 Å². The number of aryl methyl sites for hydroxylation is 1. The standard InChI is InChI=1S/C14H11Cl2N3/c1-8-6-10(16)13(7-9(8)15)19-12-5-3-2-4-11(12)18-14(19)17/h2-7H,1H3,(H2,17,18). The highest BCUT2D eigenvalue weighted by atomic mass is 35.5. The van der Waals surface area contributed by atoms with Crippen molar-refractivity contribution in [1.29, 1.82) is 0 Å². The number of rotatable bonds is 1. The molecule has 0 fully saturated rings. The molecule has 1 heterocycles. The van der Waals surface area contributed by atoms with E-state index in [-0.39, 0.29) is 0 Å². The van der Waals surface area contributed by atoms with Crippen LogP contribution in [0.25, 0.3) is 16.7 Å². The second-order valence-electron chi connectivity index (χ2n) is 4.35. The van der Waals surface area contributed by atoms with Crippen LogP contribution in [-0.2, 0) is 0 Å². The molecule has 0 saturated carbocycles. The summed E-state index contributed by atoms with van der Waals surface area (Å²) >= 11 is 12.5. The molecule has 19 heavy (non-hydrogen) atoms. The number of nitrogen functional groups attached to an aromatic ring is 1. The number of hydrogen-bond acceptors (Lipinski definition) is 2. The van der Waals surface area contributed by atoms with Gasteiger partial charge < -0.3 is 5.73 Å². The summed E-state index contributed by atoms with van der Waals surface area (Å²) in [6, 6.07) is 11.3. The number of nitrogens with two attached hydrogens (primary N) is 1. The van der Waals surface area contributed by atoms with Gasteiger partial charge in [0.15, 0.2) is 0 Å². The number of hydrogen-bond donors (Lipinski definition) is 1. The molecule has 0 aliphatic heterocycles. The molecule has 5 heteroatoms. The van der Waals surface area contributed by atoms with Gasteiger partial charge in [0, 0.05) is 5.02 Å². The normalized spacial score (nSPS) is 11.1. The fourth-order valence-electron chi connectivity index (χ4n) is 2.10. The average molecular weight is 292 g/mol. The maximum Gasteiger partial charge on any atom is 0.205 e. The van der Waals surface area contributed by atoms with Crippen molar-refractivity contribution in [2.75, 3.05) is 5.73 Å². The number of aromatic nitrogens is 2. The molecule has 0 amide bonds. The topological polar surface area (TPSA) is 43.8 Å². The first-order chi connectivity index (χ1) is 9.08. The summed E-state index contributed by atoms with van der Waals surface area (Å²) in [5.74, 6) is 0.392. The summed E-state index contributed by atoms with van der Waals surface area (Å²) in [6.45, 7) is 1.91. The molecule has 0 radical (unpaired) electrons. The zero-order valence-corrected chi connectivity index (χ0v) is 11.7. The van der Waals surface area contributed by atoms with Gasteiger partial charge in [-0.3, -0.25) is 4.57 Å². The first-order valence-electron chi connectivity index (χ1n) is 5.77. The van der Waals surface area contributed by atoms with E-state index < -0.39 is 0 Å². The fraction of sp³-hybridized carbons (Fsp3) is 0.0714. The lowest BCUT2D eigenvalue weighted by Crippen LogP contribution is -2.01. The van der Waals surface area contributed by atoms with Crippen molar-refractivity contribution in [2.45, 2.75) is 6.92 Å². The van der Waals surface area contributed by atoms with E-state index in [0.717, 1.165) is 22.3 Å². The Labute approximate surface area is 120 Å². The number of fused-ring (bicyclic) bond motifs is 1. The summed E-state index contributed by atoms with van der Waals surface area (Å²) in [7, 11) is 0. The van der Waals surface area contributed by atoms with Crippen LogP contribution in [0.2, 0.25) is 10.0 Å². The Morgan fingerprint density at radius 1 is 1.11 bits per heavy atom. The van der Waals surface area contributed by atoms with Gasteiger partial charge in [0.1, 0.15) is 0 Å². The van der Waals surface area contributed by atoms with Crippen molar-refractivity contribution < 1.29 is 0 Å². The Kier molecular flexibility index (Phi) is 2.88. The molecular formula is C14H11Cl2N3. The molecule has 2 aromatic carbocycles. The van der Waals surface area contributed by atoms with E-state index in [4.69, 9.17) is 28.9 Å². The van der Waals surface area contributed by atoms with Gasteiger partial charge in [-0.15, -0.1) is 0 Å². The van der Waals surface area contributed by atoms with E-state index in [1.54, 1.807) is 0 Å². The third-order valence-electron chi connectivity index (χ3n) is 3.06. The van der Waals surface area contributed by atoms with Crippen LogP contribution in [0.3, 0.4) is 0 Å². The van der Waals surface area contributed by atoms with Gasteiger partial charge in [-0.05, 0) is 36.8 Å². The Morgan fingerprint density at radius 3 is 2.63 bits per heavy atom. The summed E-state index contributed by atoms with van der Waals surface area (Å²) < 4.78 is 1.81. The maximum absolute atomic E-state index is 6.30. The van der Waals surface area contributed by atoms with Crippen LogP contribution >= 0.6 is 23.2 Å². The maximum atomic E-state index is 6.30. The predicted octanol–water partition coefficient (Wildman–Crippen LogP) is 4.22. The van der Waals surface area contributed by atoms with Crippen LogP contribution in [0, 0.1) is 6.92 Å². The van der Waals surface area contributed by atoms with Crippen molar-refractivity contribution >= 4 is 40.2 Å². The van der Waals surface area contributed by atoms with Gasteiger partial charge in [-0.25, -0.2) is 4.98 Å². The van der Waals surface area contributed by atoms with E-state index in [1.165, 1.54) is 0 Å². The van der Waals surface area contributed by atoms with E-state index in [9.17, 15) is 0 Å². The molecule has 2 N–H and O–H groups in total. The first-order valence-corrected chi connectivity index (χ1v) is 6.52. The SMILES string of the molecule is Cc1cc(Cl)c(-n2c(N)nc3ccccc32)cc1Cl. The first kappa shape index (κ1) is 12.3. The molecule has 1 aromatic heterocycles. The molecule has 3 aromatic rings. The monoisotopic (exact) mass is 291 g/mol. The molecule has 0 unspecified atom stereocenters. The molecule has 0 aliphatic rings. The van der Waals surface area contributed by atoms with Crippen molar-refractivity contribution in [1.82, 2.24) is 9.55 Å². The summed E-state index contributed by atoms with van der Waals surface area (Å²) in [4.78, 5) is 4.32. The third-order valence-corrected chi connectivity index (χ3v) is 3.77. The van der Waals surface area contributed by atoms with E-state index in [1.807, 2.05) is 47.9 Å². The number of para-hydroxylation sites is 2. The van der Waals surface area contributed by atoms with Gasteiger partial charge in [0.25, 0.3) is 0 Å². The van der Waals surface area contributed by atoms with Crippen molar-refractivity contribution in [3.05, 3.63) is 52.0 Å². The molecule has 0 saturated heterocycles.